The maximum Gasteiger partial charge on any atom is 0.418 e. The summed E-state index contributed by atoms with van der Waals surface area (Å²) in [6.07, 6.45) is -4.55. The molecule has 144 valence electrons. The number of likely N-dealkylation sites (N-methyl/N-ethyl adjacent to an activating group) is 1. The average molecular weight is 383 g/mol. The molecule has 0 aliphatic carbocycles. The predicted octanol–water partition coefficient (Wildman–Crippen LogP) is 1.79. The number of para-hydroxylation sites is 1. The first-order valence-electron chi connectivity index (χ1n) is 8.13. The van der Waals surface area contributed by atoms with Gasteiger partial charge in [-0.3, -0.25) is 4.79 Å². The number of hydrogen-bond acceptors (Lipinski definition) is 4. The van der Waals surface area contributed by atoms with Crippen molar-refractivity contribution in [1.29, 1.82) is 0 Å². The third-order valence-electron chi connectivity index (χ3n) is 4.03. The zero-order valence-corrected chi connectivity index (χ0v) is 14.4. The first-order valence-corrected chi connectivity index (χ1v) is 8.13. The van der Waals surface area contributed by atoms with Gasteiger partial charge >= 0.3 is 6.18 Å². The number of aromatic hydroxyl groups is 1. The quantitative estimate of drug-likeness (QED) is 0.736. The normalized spacial score (nSPS) is 14.1. The number of halogens is 3. The van der Waals surface area contributed by atoms with E-state index < -0.39 is 17.6 Å². The summed E-state index contributed by atoms with van der Waals surface area (Å²) < 4.78 is 49.4. The van der Waals surface area contributed by atoms with Crippen LogP contribution in [0.15, 0.2) is 36.4 Å². The number of nitrogens with one attached hydrogen (secondary N) is 2. The predicted molar refractivity (Wildman–Crippen MR) is 89.8 cm³/mol. The summed E-state index contributed by atoms with van der Waals surface area (Å²) in [5.41, 5.74) is -0.640. The molecule has 2 aromatic carbocycles. The van der Waals surface area contributed by atoms with Gasteiger partial charge in [-0.15, -0.1) is 0 Å². The number of rotatable bonds is 5. The SMILES string of the molecule is C[NH+](CC(=O)Nc1ccccc1C(F)(F)F)Cc1cc2c(cc1O)OCO2. The maximum absolute atomic E-state index is 13.0. The third-order valence-corrected chi connectivity index (χ3v) is 4.03. The Bertz CT molecular complexity index is 855. The number of alkyl halides is 3. The van der Waals surface area contributed by atoms with Crippen molar-refractivity contribution >= 4 is 11.6 Å². The molecule has 0 spiro atoms. The number of amides is 1. The molecule has 1 amide bonds. The van der Waals surface area contributed by atoms with Gasteiger partial charge in [0.15, 0.2) is 18.0 Å². The van der Waals surface area contributed by atoms with Crippen molar-refractivity contribution in [2.45, 2.75) is 12.7 Å². The van der Waals surface area contributed by atoms with Gasteiger partial charge < -0.3 is 24.8 Å². The van der Waals surface area contributed by atoms with Crippen LogP contribution in [0.1, 0.15) is 11.1 Å². The Morgan fingerprint density at radius 3 is 2.59 bits per heavy atom. The number of ether oxygens (including phenoxy) is 2. The summed E-state index contributed by atoms with van der Waals surface area (Å²) in [6.45, 7) is 0.263. The van der Waals surface area contributed by atoms with Crippen LogP contribution in [-0.4, -0.2) is 31.4 Å². The summed E-state index contributed by atoms with van der Waals surface area (Å²) in [5.74, 6) is 0.375. The molecule has 1 unspecified atom stereocenters. The lowest BCUT2D eigenvalue weighted by Gasteiger charge is -2.17. The van der Waals surface area contributed by atoms with Crippen molar-refractivity contribution in [3.8, 4) is 17.2 Å². The minimum Gasteiger partial charge on any atom is -0.507 e. The molecule has 0 aromatic heterocycles. The fourth-order valence-electron chi connectivity index (χ4n) is 2.81. The first-order chi connectivity index (χ1) is 12.7. The number of quaternary nitrogens is 1. The topological polar surface area (TPSA) is 72.2 Å². The molecular weight excluding hydrogens is 365 g/mol. The van der Waals surface area contributed by atoms with Gasteiger partial charge in [-0.1, -0.05) is 12.1 Å². The van der Waals surface area contributed by atoms with E-state index in [1.807, 2.05) is 0 Å². The second-order valence-corrected chi connectivity index (χ2v) is 6.24. The van der Waals surface area contributed by atoms with Crippen molar-refractivity contribution in [1.82, 2.24) is 0 Å². The highest BCUT2D eigenvalue weighted by Gasteiger charge is 2.33. The molecule has 0 bridgehead atoms. The number of hydrogen-bond donors (Lipinski definition) is 3. The van der Waals surface area contributed by atoms with Gasteiger partial charge in [0.25, 0.3) is 5.91 Å². The zero-order valence-electron chi connectivity index (χ0n) is 14.4. The molecular formula is C18H18F3N2O4+. The smallest absolute Gasteiger partial charge is 0.418 e. The molecule has 0 saturated carbocycles. The van der Waals surface area contributed by atoms with E-state index >= 15 is 0 Å². The second-order valence-electron chi connectivity index (χ2n) is 6.24. The summed E-state index contributed by atoms with van der Waals surface area (Å²) in [5, 5.41) is 12.3. The van der Waals surface area contributed by atoms with E-state index in [1.54, 1.807) is 13.1 Å². The van der Waals surface area contributed by atoms with E-state index in [1.165, 1.54) is 24.3 Å². The molecule has 9 heteroatoms. The Kier molecular flexibility index (Phi) is 5.13. The van der Waals surface area contributed by atoms with Gasteiger partial charge in [0, 0.05) is 6.07 Å². The van der Waals surface area contributed by atoms with Gasteiger partial charge in [-0.25, -0.2) is 0 Å². The summed E-state index contributed by atoms with van der Waals surface area (Å²) in [4.78, 5) is 12.8. The molecule has 1 heterocycles. The van der Waals surface area contributed by atoms with Crippen LogP contribution < -0.4 is 19.7 Å². The van der Waals surface area contributed by atoms with Gasteiger partial charge in [0.1, 0.15) is 12.3 Å². The second kappa shape index (κ2) is 7.36. The summed E-state index contributed by atoms with van der Waals surface area (Å²) >= 11 is 0. The number of phenolic OH excluding ortho intramolecular Hbond substituents is 1. The number of benzene rings is 2. The van der Waals surface area contributed by atoms with Gasteiger partial charge in [-0.2, -0.15) is 13.2 Å². The Labute approximate surface area is 153 Å². The van der Waals surface area contributed by atoms with E-state index in [0.717, 1.165) is 6.07 Å². The van der Waals surface area contributed by atoms with E-state index in [0.29, 0.717) is 22.0 Å². The van der Waals surface area contributed by atoms with Crippen molar-refractivity contribution in [2.75, 3.05) is 25.7 Å². The molecule has 0 fully saturated rings. The number of phenols is 1. The molecule has 27 heavy (non-hydrogen) atoms. The zero-order chi connectivity index (χ0) is 19.6. The number of anilines is 1. The molecule has 1 aliphatic heterocycles. The summed E-state index contributed by atoms with van der Waals surface area (Å²) in [7, 11) is 1.69. The lowest BCUT2D eigenvalue weighted by molar-refractivity contribution is -0.885. The van der Waals surface area contributed by atoms with E-state index in [2.05, 4.69) is 5.32 Å². The van der Waals surface area contributed by atoms with Crippen LogP contribution in [0.5, 0.6) is 17.2 Å². The van der Waals surface area contributed by atoms with Crippen LogP contribution in [0.25, 0.3) is 0 Å². The first kappa shape index (κ1) is 18.8. The van der Waals surface area contributed by atoms with E-state index in [9.17, 15) is 23.1 Å². The Balaban J connectivity index is 1.64. The average Bonchev–Trinajstić information content (AvgIpc) is 3.01. The lowest BCUT2D eigenvalue weighted by atomic mass is 10.1. The highest BCUT2D eigenvalue weighted by atomic mass is 19.4. The molecule has 1 aliphatic rings. The van der Waals surface area contributed by atoms with Crippen molar-refractivity contribution in [3.63, 3.8) is 0 Å². The van der Waals surface area contributed by atoms with Crippen LogP contribution >= 0.6 is 0 Å². The number of carbonyl (C=O) groups excluding carboxylic acids is 1. The van der Waals surface area contributed by atoms with Crippen LogP contribution in [0, 0.1) is 0 Å². The molecule has 1 atom stereocenters. The molecule has 3 rings (SSSR count). The summed E-state index contributed by atoms with van der Waals surface area (Å²) in [6, 6.07) is 7.86. The molecule has 2 aromatic rings. The maximum atomic E-state index is 13.0. The Morgan fingerprint density at radius 1 is 1.22 bits per heavy atom. The van der Waals surface area contributed by atoms with Crippen LogP contribution in [0.4, 0.5) is 18.9 Å². The van der Waals surface area contributed by atoms with Gasteiger partial charge in [-0.05, 0) is 18.2 Å². The molecule has 3 N–H and O–H groups in total. The van der Waals surface area contributed by atoms with Crippen molar-refractivity contribution < 1.29 is 37.4 Å². The number of fused-ring (bicyclic) bond motifs is 1. The molecule has 0 radical (unpaired) electrons. The minimum atomic E-state index is -4.55. The van der Waals surface area contributed by atoms with Crippen molar-refractivity contribution in [3.05, 3.63) is 47.5 Å². The number of carbonyl (C=O) groups is 1. The Hall–Kier alpha value is -2.94. The highest BCUT2D eigenvalue weighted by Crippen LogP contribution is 2.37. The Morgan fingerprint density at radius 2 is 1.89 bits per heavy atom. The highest BCUT2D eigenvalue weighted by molar-refractivity contribution is 5.92. The third kappa shape index (κ3) is 4.43. The fourth-order valence-corrected chi connectivity index (χ4v) is 2.81. The van der Waals surface area contributed by atoms with Gasteiger partial charge in [0.2, 0.25) is 6.79 Å². The van der Waals surface area contributed by atoms with Crippen LogP contribution in [-0.2, 0) is 17.5 Å². The van der Waals surface area contributed by atoms with Crippen LogP contribution in [0.2, 0.25) is 0 Å². The largest absolute Gasteiger partial charge is 0.507 e. The molecule has 0 saturated heterocycles. The molecule has 6 nitrogen and oxygen atoms in total. The standard InChI is InChI=1S/C18H17F3N2O4/c1-23(8-11-6-15-16(7-14(11)24)27-10-26-15)9-17(25)22-13-5-3-2-4-12(13)18(19,20)21/h2-7,24H,8-10H2,1H3,(H,22,25)/p+1. The van der Waals surface area contributed by atoms with E-state index in [4.69, 9.17) is 9.47 Å². The van der Waals surface area contributed by atoms with Crippen molar-refractivity contribution in [2.24, 2.45) is 0 Å². The van der Waals surface area contributed by atoms with Gasteiger partial charge in [0.05, 0.1) is 23.9 Å². The monoisotopic (exact) mass is 383 g/mol. The lowest BCUT2D eigenvalue weighted by Crippen LogP contribution is -3.08. The minimum absolute atomic E-state index is 0.00132. The van der Waals surface area contributed by atoms with E-state index in [-0.39, 0.29) is 31.3 Å². The fraction of sp³-hybridized carbons (Fsp3) is 0.278. The van der Waals surface area contributed by atoms with Crippen LogP contribution in [0.3, 0.4) is 0 Å².